The highest BCUT2D eigenvalue weighted by Gasteiger charge is 2.28. The van der Waals surface area contributed by atoms with E-state index in [4.69, 9.17) is 21.3 Å². The lowest BCUT2D eigenvalue weighted by molar-refractivity contribution is -0.118. The standard InChI is InChI=1S/C29H38ClN5O3/c1-31-20-23(36)7-5-17-38-18-6-8-24(37)21-35-27-10-4-3-9-25(27)29(34-15-13-33(2)14-16-34)32-26-19-22(30)11-12-28(26)35/h3-4,9-12,19,31H,5-8,13-18,20-21H2,1-2H3. The summed E-state index contributed by atoms with van der Waals surface area (Å²) >= 11 is 6.39. The first kappa shape index (κ1) is 28.2. The van der Waals surface area contributed by atoms with Crippen molar-refractivity contribution in [2.75, 3.05) is 71.5 Å². The molecule has 1 saturated heterocycles. The normalized spacial score (nSPS) is 15.5. The summed E-state index contributed by atoms with van der Waals surface area (Å²) in [4.78, 5) is 36.6. The molecule has 2 aliphatic heterocycles. The summed E-state index contributed by atoms with van der Waals surface area (Å²) in [6.45, 7) is 5.40. The van der Waals surface area contributed by atoms with E-state index in [9.17, 15) is 9.59 Å². The molecule has 204 valence electrons. The Kier molecular flexibility index (Phi) is 10.3. The number of likely N-dealkylation sites (N-methyl/N-ethyl adjacent to an activating group) is 2. The molecule has 0 saturated carbocycles. The van der Waals surface area contributed by atoms with Crippen molar-refractivity contribution in [3.8, 4) is 0 Å². The number of benzene rings is 2. The van der Waals surface area contributed by atoms with Gasteiger partial charge in [0.15, 0.2) is 5.78 Å². The van der Waals surface area contributed by atoms with Gasteiger partial charge in [-0.3, -0.25) is 9.59 Å². The first-order valence-electron chi connectivity index (χ1n) is 13.4. The van der Waals surface area contributed by atoms with Gasteiger partial charge in [-0.1, -0.05) is 23.7 Å². The Morgan fingerprint density at radius 3 is 2.42 bits per heavy atom. The van der Waals surface area contributed by atoms with Gasteiger partial charge < -0.3 is 24.8 Å². The van der Waals surface area contributed by atoms with Crippen LogP contribution in [0, 0.1) is 0 Å². The largest absolute Gasteiger partial charge is 0.381 e. The molecule has 0 radical (unpaired) electrons. The maximum atomic E-state index is 13.2. The van der Waals surface area contributed by atoms with Gasteiger partial charge in [-0.05, 0) is 57.3 Å². The van der Waals surface area contributed by atoms with Crippen molar-refractivity contribution in [2.45, 2.75) is 25.7 Å². The van der Waals surface area contributed by atoms with Crippen LogP contribution >= 0.6 is 11.6 Å². The molecule has 9 heteroatoms. The van der Waals surface area contributed by atoms with Crippen LogP contribution in [0.25, 0.3) is 0 Å². The third kappa shape index (κ3) is 7.41. The Hall–Kier alpha value is -2.78. The summed E-state index contributed by atoms with van der Waals surface area (Å²) in [5.74, 6) is 1.25. The van der Waals surface area contributed by atoms with Crippen molar-refractivity contribution in [3.05, 3.63) is 53.1 Å². The number of halogens is 1. The van der Waals surface area contributed by atoms with Crippen LogP contribution in [0.2, 0.25) is 5.02 Å². The Labute approximate surface area is 230 Å². The number of Topliss-reactive ketones (excluding diaryl/α,β-unsaturated/α-hetero) is 2. The fraction of sp³-hybridized carbons (Fsp3) is 0.483. The summed E-state index contributed by atoms with van der Waals surface area (Å²) in [5.41, 5.74) is 3.64. The summed E-state index contributed by atoms with van der Waals surface area (Å²) in [6, 6.07) is 13.9. The molecule has 2 aromatic carbocycles. The van der Waals surface area contributed by atoms with Crippen molar-refractivity contribution in [1.29, 1.82) is 0 Å². The molecule has 2 heterocycles. The second-order valence-corrected chi connectivity index (χ2v) is 10.3. The highest BCUT2D eigenvalue weighted by molar-refractivity contribution is 6.31. The van der Waals surface area contributed by atoms with E-state index < -0.39 is 0 Å². The number of hydrogen-bond acceptors (Lipinski definition) is 8. The lowest BCUT2D eigenvalue weighted by Crippen LogP contribution is -2.47. The van der Waals surface area contributed by atoms with Gasteiger partial charge in [0.1, 0.15) is 11.6 Å². The first-order chi connectivity index (χ1) is 18.5. The molecule has 2 aromatic rings. The molecule has 1 fully saturated rings. The number of nitrogens with zero attached hydrogens (tertiary/aromatic N) is 4. The van der Waals surface area contributed by atoms with E-state index in [2.05, 4.69) is 39.2 Å². The molecule has 38 heavy (non-hydrogen) atoms. The number of ether oxygens (including phenoxy) is 1. The average Bonchev–Trinajstić information content (AvgIpc) is 3.03. The molecule has 4 rings (SSSR count). The number of amidine groups is 1. The van der Waals surface area contributed by atoms with E-state index in [1.54, 1.807) is 7.05 Å². The lowest BCUT2D eigenvalue weighted by Gasteiger charge is -2.35. The predicted molar refractivity (Wildman–Crippen MR) is 153 cm³/mol. The van der Waals surface area contributed by atoms with Crippen LogP contribution in [-0.2, 0) is 14.3 Å². The molecule has 0 aromatic heterocycles. The molecule has 0 spiro atoms. The minimum atomic E-state index is 0.136. The van der Waals surface area contributed by atoms with Gasteiger partial charge in [-0.2, -0.15) is 0 Å². The number of fused-ring (bicyclic) bond motifs is 2. The zero-order chi connectivity index (χ0) is 26.9. The number of para-hydroxylation sites is 1. The van der Waals surface area contributed by atoms with Gasteiger partial charge in [0.25, 0.3) is 0 Å². The zero-order valence-electron chi connectivity index (χ0n) is 22.4. The van der Waals surface area contributed by atoms with Crippen molar-refractivity contribution < 1.29 is 14.3 Å². The van der Waals surface area contributed by atoms with Crippen LogP contribution in [0.1, 0.15) is 31.2 Å². The quantitative estimate of drug-likeness (QED) is 0.408. The van der Waals surface area contributed by atoms with Crippen molar-refractivity contribution in [3.63, 3.8) is 0 Å². The van der Waals surface area contributed by atoms with E-state index in [1.807, 2.05) is 30.3 Å². The number of rotatable bonds is 12. The summed E-state index contributed by atoms with van der Waals surface area (Å²) in [7, 11) is 3.91. The molecule has 8 nitrogen and oxygen atoms in total. The van der Waals surface area contributed by atoms with Gasteiger partial charge in [0.05, 0.1) is 30.2 Å². The minimum Gasteiger partial charge on any atom is -0.381 e. The molecule has 2 aliphatic rings. The molecular formula is C29H38ClN5O3. The highest BCUT2D eigenvalue weighted by atomic mass is 35.5. The molecular weight excluding hydrogens is 502 g/mol. The van der Waals surface area contributed by atoms with E-state index in [1.165, 1.54) is 0 Å². The van der Waals surface area contributed by atoms with E-state index in [0.29, 0.717) is 50.5 Å². The Balaban J connectivity index is 1.44. The molecule has 0 unspecified atom stereocenters. The predicted octanol–water partition coefficient (Wildman–Crippen LogP) is 4.05. The number of anilines is 2. The summed E-state index contributed by atoms with van der Waals surface area (Å²) in [6.07, 6.45) is 2.28. The number of carbonyl (C=O) groups is 2. The lowest BCUT2D eigenvalue weighted by atomic mass is 10.1. The zero-order valence-corrected chi connectivity index (χ0v) is 23.2. The van der Waals surface area contributed by atoms with Crippen LogP contribution in [0.3, 0.4) is 0 Å². The molecule has 1 N–H and O–H groups in total. The van der Waals surface area contributed by atoms with Crippen LogP contribution < -0.4 is 10.2 Å². The summed E-state index contributed by atoms with van der Waals surface area (Å²) < 4.78 is 5.66. The second kappa shape index (κ2) is 13.8. The highest BCUT2D eigenvalue weighted by Crippen LogP contribution is 2.41. The molecule has 0 amide bonds. The number of hydrogen-bond donors (Lipinski definition) is 1. The van der Waals surface area contributed by atoms with Gasteiger partial charge >= 0.3 is 0 Å². The van der Waals surface area contributed by atoms with Gasteiger partial charge in [0, 0.05) is 62.8 Å². The Morgan fingerprint density at radius 2 is 1.68 bits per heavy atom. The molecule has 0 aliphatic carbocycles. The maximum absolute atomic E-state index is 13.2. The number of nitrogens with one attached hydrogen (secondary N) is 1. The first-order valence-corrected chi connectivity index (χ1v) is 13.8. The number of ketones is 2. The number of piperazine rings is 1. The van der Waals surface area contributed by atoms with E-state index in [-0.39, 0.29) is 18.1 Å². The van der Waals surface area contributed by atoms with E-state index >= 15 is 0 Å². The van der Waals surface area contributed by atoms with Crippen LogP contribution in [-0.4, -0.2) is 93.8 Å². The third-order valence-electron chi connectivity index (χ3n) is 6.89. The fourth-order valence-electron chi connectivity index (χ4n) is 4.83. The van der Waals surface area contributed by atoms with Gasteiger partial charge in [-0.25, -0.2) is 4.99 Å². The van der Waals surface area contributed by atoms with Crippen LogP contribution in [0.4, 0.5) is 17.1 Å². The Morgan fingerprint density at radius 1 is 0.974 bits per heavy atom. The van der Waals surface area contributed by atoms with Crippen molar-refractivity contribution in [2.24, 2.45) is 4.99 Å². The van der Waals surface area contributed by atoms with Gasteiger partial charge in [0.2, 0.25) is 0 Å². The Bertz CT molecular complexity index is 1150. The van der Waals surface area contributed by atoms with Crippen molar-refractivity contribution >= 4 is 46.1 Å². The second-order valence-electron chi connectivity index (χ2n) is 9.89. The minimum absolute atomic E-state index is 0.136. The average molecular weight is 540 g/mol. The topological polar surface area (TPSA) is 77.5 Å². The fourth-order valence-corrected chi connectivity index (χ4v) is 5.00. The summed E-state index contributed by atoms with van der Waals surface area (Å²) in [5, 5.41) is 3.48. The number of aliphatic imine (C=N–C) groups is 1. The monoisotopic (exact) mass is 539 g/mol. The van der Waals surface area contributed by atoms with Crippen LogP contribution in [0.5, 0.6) is 0 Å². The van der Waals surface area contributed by atoms with Crippen LogP contribution in [0.15, 0.2) is 47.5 Å². The van der Waals surface area contributed by atoms with E-state index in [0.717, 1.165) is 54.6 Å². The maximum Gasteiger partial charge on any atom is 0.152 e. The number of carbonyl (C=O) groups excluding carboxylic acids is 2. The molecule has 0 atom stereocenters. The third-order valence-corrected chi connectivity index (χ3v) is 7.13. The van der Waals surface area contributed by atoms with Gasteiger partial charge in [-0.15, -0.1) is 0 Å². The SMILES string of the molecule is CNCC(=O)CCCOCCCC(=O)CN1c2ccc(Cl)cc2N=C(N2CCN(C)CC2)c2ccccc21. The van der Waals surface area contributed by atoms with Crippen molar-refractivity contribution in [1.82, 2.24) is 15.1 Å². The molecule has 0 bridgehead atoms. The smallest absolute Gasteiger partial charge is 0.152 e.